The molecule has 4 N–H and O–H groups in total. The molecule has 6 rings (SSSR count). The zero-order valence-corrected chi connectivity index (χ0v) is 47.2. The van der Waals surface area contributed by atoms with Crippen molar-refractivity contribution in [2.24, 2.45) is 0 Å². The maximum absolute atomic E-state index is 13.7. The largest absolute Gasteiger partial charge is 0.508 e. The highest BCUT2D eigenvalue weighted by atomic mass is 16.7. The average Bonchev–Trinajstić information content (AvgIpc) is 3.37. The number of benzene rings is 6. The van der Waals surface area contributed by atoms with E-state index in [0.29, 0.717) is 34.1 Å². The van der Waals surface area contributed by atoms with Crippen molar-refractivity contribution < 1.29 is 47.6 Å². The number of nitrogens with two attached hydrogens (primary N) is 2. The van der Waals surface area contributed by atoms with E-state index < -0.39 is 46.9 Å². The molecule has 2 amide bonds. The fourth-order valence-corrected chi connectivity index (χ4v) is 7.82. The molecule has 0 saturated carbocycles. The second-order valence-electron chi connectivity index (χ2n) is 22.4. The summed E-state index contributed by atoms with van der Waals surface area (Å²) in [7, 11) is 1.97. The predicted molar refractivity (Wildman–Crippen MR) is 311 cm³/mol. The number of hydrogen-bond acceptors (Lipinski definition) is 15. The number of carbonyl (C=O) groups is 4. The van der Waals surface area contributed by atoms with E-state index in [1.165, 1.54) is 9.80 Å². The summed E-state index contributed by atoms with van der Waals surface area (Å²) in [4.78, 5) is 61.6. The topological polar surface area (TPSA) is 192 Å². The van der Waals surface area contributed by atoms with Crippen molar-refractivity contribution in [3.05, 3.63) is 146 Å². The van der Waals surface area contributed by atoms with Gasteiger partial charge in [0.2, 0.25) is 0 Å². The summed E-state index contributed by atoms with van der Waals surface area (Å²) in [6, 6.07) is 44.7. The van der Waals surface area contributed by atoms with E-state index in [0.717, 1.165) is 34.1 Å². The van der Waals surface area contributed by atoms with Gasteiger partial charge in [-0.3, -0.25) is 0 Å². The van der Waals surface area contributed by atoms with Gasteiger partial charge in [-0.15, -0.1) is 0 Å². The molecule has 0 heterocycles. The fourth-order valence-electron chi connectivity index (χ4n) is 7.82. The van der Waals surface area contributed by atoms with Crippen LogP contribution < -0.4 is 36.0 Å². The first-order chi connectivity index (χ1) is 36.5. The predicted octanol–water partition coefficient (Wildman–Crippen LogP) is 14.9. The Balaban J connectivity index is 1.27. The minimum Gasteiger partial charge on any atom is -0.443 e. The minimum absolute atomic E-state index is 0.0164. The number of carbonyl (C=O) groups excluding carboxylic acids is 4. The van der Waals surface area contributed by atoms with Gasteiger partial charge in [0.15, 0.2) is 0 Å². The van der Waals surface area contributed by atoms with Gasteiger partial charge < -0.3 is 54.6 Å². The van der Waals surface area contributed by atoms with Crippen LogP contribution in [0.2, 0.25) is 0 Å². The Kier molecular flexibility index (Phi) is 18.5. The Morgan fingerprint density at radius 1 is 0.346 bits per heavy atom. The van der Waals surface area contributed by atoms with Crippen LogP contribution in [-0.2, 0) is 28.4 Å². The quantitative estimate of drug-likeness (QED) is 0.0528. The van der Waals surface area contributed by atoms with Crippen LogP contribution in [0, 0.1) is 0 Å². The van der Waals surface area contributed by atoms with Crippen molar-refractivity contribution in [2.75, 3.05) is 69.3 Å². The molecule has 6 aromatic carbocycles. The summed E-state index contributed by atoms with van der Waals surface area (Å²) in [5.74, 6) is 0. The van der Waals surface area contributed by atoms with Crippen LogP contribution in [0.3, 0.4) is 0 Å². The molecule has 17 heteroatoms. The number of nitrogens with zero attached hydrogens (tertiary/aromatic N) is 5. The van der Waals surface area contributed by atoms with Crippen LogP contribution in [0.15, 0.2) is 146 Å². The van der Waals surface area contributed by atoms with Gasteiger partial charge in [0, 0.05) is 52.5 Å². The van der Waals surface area contributed by atoms with E-state index in [-0.39, 0.29) is 26.3 Å². The molecule has 0 unspecified atom stereocenters. The van der Waals surface area contributed by atoms with Gasteiger partial charge in [-0.2, -0.15) is 0 Å². The molecular weight excluding hydrogens is 991 g/mol. The first-order valence-electron chi connectivity index (χ1n) is 25.7. The van der Waals surface area contributed by atoms with E-state index >= 15 is 0 Å². The number of anilines is 12. The molecule has 17 nitrogen and oxygen atoms in total. The zero-order chi connectivity index (χ0) is 57.2. The maximum atomic E-state index is 13.7. The van der Waals surface area contributed by atoms with Crippen molar-refractivity contribution in [1.82, 2.24) is 0 Å². The molecule has 0 aromatic heterocycles. The van der Waals surface area contributed by atoms with Gasteiger partial charge in [0.25, 0.3) is 0 Å². The molecule has 0 aliphatic carbocycles. The second-order valence-corrected chi connectivity index (χ2v) is 22.4. The van der Waals surface area contributed by atoms with Gasteiger partial charge in [-0.05, 0) is 229 Å². The third-order valence-electron chi connectivity index (χ3n) is 11.2. The van der Waals surface area contributed by atoms with E-state index in [1.807, 2.05) is 160 Å². The molecule has 0 fully saturated rings. The van der Waals surface area contributed by atoms with Crippen molar-refractivity contribution in [3.63, 3.8) is 0 Å². The van der Waals surface area contributed by atoms with Crippen LogP contribution in [0.1, 0.15) is 83.1 Å². The normalized spacial score (nSPS) is 11.7. The van der Waals surface area contributed by atoms with E-state index in [2.05, 4.69) is 0 Å². The monoisotopic (exact) mass is 1070 g/mol. The lowest BCUT2D eigenvalue weighted by Crippen LogP contribution is -2.34. The summed E-state index contributed by atoms with van der Waals surface area (Å²) in [5, 5.41) is 0. The van der Waals surface area contributed by atoms with Gasteiger partial charge in [0.1, 0.15) is 35.6 Å². The number of nitrogen functional groups attached to an aromatic ring is 2. The molecule has 0 spiro atoms. The zero-order valence-electron chi connectivity index (χ0n) is 47.2. The first-order valence-corrected chi connectivity index (χ1v) is 25.7. The molecule has 6 aromatic rings. The fraction of sp³-hybridized carbons (Fsp3) is 0.344. The molecule has 0 bridgehead atoms. The number of hydrogen-bond donors (Lipinski definition) is 2. The Hall–Kier alpha value is -8.60. The molecule has 0 aliphatic heterocycles. The van der Waals surface area contributed by atoms with Gasteiger partial charge >= 0.3 is 24.5 Å². The van der Waals surface area contributed by atoms with Crippen molar-refractivity contribution >= 4 is 92.7 Å². The lowest BCUT2D eigenvalue weighted by Gasteiger charge is -2.29. The Labute approximate surface area is 459 Å². The van der Waals surface area contributed by atoms with E-state index in [1.54, 1.807) is 90.1 Å². The first kappa shape index (κ1) is 58.7. The third-order valence-corrected chi connectivity index (χ3v) is 11.2. The molecule has 0 aliphatic rings. The van der Waals surface area contributed by atoms with Crippen LogP contribution in [0.25, 0.3) is 0 Å². The molecule has 0 saturated heterocycles. The van der Waals surface area contributed by atoms with E-state index in [9.17, 15) is 19.2 Å². The molecule has 78 heavy (non-hydrogen) atoms. The summed E-state index contributed by atoms with van der Waals surface area (Å²) in [5.41, 5.74) is 17.4. The average molecular weight is 1070 g/mol. The standard InChI is InChI=1S/C61H75N7O10/c1-58(2,3)75-54(69)67(50-18-14-42(62)15-19-50)52-34-30-48(31-35-52)65(38-40-73-56(71)77-60(7,8)9)46-26-22-44(23-27-46)64(13)45-24-28-47(29-25-45)66(39-41-74-57(72)78-61(10,11)12)49-32-36-53(37-33-49)68(55(70)76-59(4,5)6)51-20-16-43(63)17-21-51/h14-37H,38-41,62-63H2,1-13H3. The van der Waals surface area contributed by atoms with Gasteiger partial charge in [0.05, 0.1) is 35.8 Å². The van der Waals surface area contributed by atoms with Crippen molar-refractivity contribution in [3.8, 4) is 0 Å². The summed E-state index contributed by atoms with van der Waals surface area (Å²) in [6.07, 6.45) is -2.65. The molecule has 414 valence electrons. The third kappa shape index (κ3) is 17.2. The highest BCUT2D eigenvalue weighted by molar-refractivity contribution is 5.97. The van der Waals surface area contributed by atoms with Crippen molar-refractivity contribution in [1.29, 1.82) is 0 Å². The molecular formula is C61H75N7O10. The lowest BCUT2D eigenvalue weighted by molar-refractivity contribution is -0.00706. The van der Waals surface area contributed by atoms with Gasteiger partial charge in [-0.25, -0.2) is 29.0 Å². The summed E-state index contributed by atoms with van der Waals surface area (Å²) in [6.45, 7) is 22.1. The molecule has 0 radical (unpaired) electrons. The van der Waals surface area contributed by atoms with Crippen molar-refractivity contribution in [2.45, 2.75) is 105 Å². The lowest BCUT2D eigenvalue weighted by atomic mass is 10.1. The Morgan fingerprint density at radius 3 is 0.808 bits per heavy atom. The number of ether oxygens (including phenoxy) is 6. The van der Waals surface area contributed by atoms with Crippen LogP contribution >= 0.6 is 0 Å². The number of rotatable bonds is 16. The maximum Gasteiger partial charge on any atom is 0.508 e. The molecule has 0 atom stereocenters. The Morgan fingerprint density at radius 2 is 0.564 bits per heavy atom. The van der Waals surface area contributed by atoms with Crippen LogP contribution in [-0.4, -0.2) is 80.3 Å². The summed E-state index contributed by atoms with van der Waals surface area (Å²) >= 11 is 0. The smallest absolute Gasteiger partial charge is 0.443 e. The second kappa shape index (κ2) is 24.6. The highest BCUT2D eigenvalue weighted by Gasteiger charge is 2.28. The van der Waals surface area contributed by atoms with E-state index in [4.69, 9.17) is 39.9 Å². The number of amides is 2. The Bertz CT molecular complexity index is 2740. The highest BCUT2D eigenvalue weighted by Crippen LogP contribution is 2.37. The van der Waals surface area contributed by atoms with Crippen LogP contribution in [0.4, 0.5) is 87.4 Å². The summed E-state index contributed by atoms with van der Waals surface area (Å²) < 4.78 is 33.5. The van der Waals surface area contributed by atoms with Gasteiger partial charge in [-0.1, -0.05) is 0 Å². The SMILES string of the molecule is CN(c1ccc(N(CCOC(=O)OC(C)(C)C)c2ccc(N(C(=O)OC(C)(C)C)c3ccc(N)cc3)cc2)cc1)c1ccc(N(CCOC(=O)OC(C)(C)C)c2ccc(N(C(=O)OC(C)(C)C)c3ccc(N)cc3)cc2)cc1. The minimum atomic E-state index is -0.774. The van der Waals surface area contributed by atoms with Crippen LogP contribution in [0.5, 0.6) is 0 Å².